The molecule has 0 saturated heterocycles. The molecule has 0 fully saturated rings. The summed E-state index contributed by atoms with van der Waals surface area (Å²) in [5.41, 5.74) is 3.95. The van der Waals surface area contributed by atoms with E-state index in [0.717, 1.165) is 22.3 Å². The Morgan fingerprint density at radius 1 is 0.714 bits per heavy atom. The van der Waals surface area contributed by atoms with E-state index in [1.54, 1.807) is 13.8 Å². The largest absolute Gasteiger partial charge is 0.468 e. The Kier molecular flexibility index (Phi) is 7.13. The molecular weight excluding hydrogens is 399 g/mol. The number of hydrogen-bond acceptors (Lipinski definition) is 4. The second-order valence-corrected chi connectivity index (χ2v) is 8.79. The van der Waals surface area contributed by atoms with E-state index in [4.69, 9.17) is 32.7 Å². The molecular formula is C22H24Cl2O4. The number of methoxy groups -OCH3 is 2. The first-order chi connectivity index (χ1) is 13.1. The van der Waals surface area contributed by atoms with Crippen LogP contribution in [0.1, 0.15) is 25.0 Å². The van der Waals surface area contributed by atoms with Gasteiger partial charge in [-0.3, -0.25) is 9.59 Å². The van der Waals surface area contributed by atoms with Gasteiger partial charge in [0.05, 0.1) is 14.2 Å². The minimum atomic E-state index is -1.09. The van der Waals surface area contributed by atoms with E-state index in [9.17, 15) is 9.59 Å². The molecule has 0 aromatic heterocycles. The van der Waals surface area contributed by atoms with Crippen molar-refractivity contribution in [1.29, 1.82) is 0 Å². The molecule has 28 heavy (non-hydrogen) atoms. The standard InChI is InChI=1S/C22H24Cl2O4/c1-21(23,19(25)27-3)13-15-5-9-17(10-6-15)18-11-7-16(8-12-18)14-22(2,24)20(26)28-4/h5-12H,13-14H2,1-4H3/t21-,22-/m0/s1. The van der Waals surface area contributed by atoms with Crippen LogP contribution in [0.5, 0.6) is 0 Å². The number of halogens is 2. The summed E-state index contributed by atoms with van der Waals surface area (Å²) in [6.07, 6.45) is 0.755. The molecule has 0 aliphatic heterocycles. The maximum Gasteiger partial charge on any atom is 0.326 e. The van der Waals surface area contributed by atoms with Gasteiger partial charge < -0.3 is 9.47 Å². The van der Waals surface area contributed by atoms with Gasteiger partial charge in [-0.1, -0.05) is 48.5 Å². The predicted octanol–water partition coefficient (Wildman–Crippen LogP) is 4.78. The van der Waals surface area contributed by atoms with Crippen molar-refractivity contribution in [2.24, 2.45) is 0 Å². The molecule has 0 saturated carbocycles. The molecule has 0 aliphatic rings. The number of rotatable bonds is 7. The molecule has 2 aromatic carbocycles. The Morgan fingerprint density at radius 3 is 1.25 bits per heavy atom. The van der Waals surface area contributed by atoms with Crippen molar-refractivity contribution < 1.29 is 19.1 Å². The number of hydrogen-bond donors (Lipinski definition) is 0. The fraction of sp³-hybridized carbons (Fsp3) is 0.364. The molecule has 2 rings (SSSR count). The molecule has 0 heterocycles. The molecule has 0 N–H and O–H groups in total. The summed E-state index contributed by atoms with van der Waals surface area (Å²) in [5.74, 6) is -0.904. The van der Waals surface area contributed by atoms with Crippen molar-refractivity contribution >= 4 is 35.1 Å². The summed E-state index contributed by atoms with van der Waals surface area (Å²) in [4.78, 5) is 21.3. The first-order valence-electron chi connectivity index (χ1n) is 8.82. The predicted molar refractivity (Wildman–Crippen MR) is 112 cm³/mol. The third kappa shape index (κ3) is 5.49. The van der Waals surface area contributed by atoms with Crippen LogP contribution in [0.15, 0.2) is 48.5 Å². The molecule has 4 nitrogen and oxygen atoms in total. The SMILES string of the molecule is COC(=O)[C@@](C)(Cl)Cc1ccc(-c2ccc(C[C@](C)(Cl)C(=O)OC)cc2)cc1. The monoisotopic (exact) mass is 422 g/mol. The molecule has 2 atom stereocenters. The molecule has 0 amide bonds. The topological polar surface area (TPSA) is 52.6 Å². The number of carbonyl (C=O) groups excluding carboxylic acids is 2. The van der Waals surface area contributed by atoms with Crippen molar-refractivity contribution in [3.63, 3.8) is 0 Å². The summed E-state index contributed by atoms with van der Waals surface area (Å²) < 4.78 is 9.48. The van der Waals surface area contributed by atoms with E-state index < -0.39 is 21.7 Å². The normalized spacial score (nSPS) is 15.2. The molecule has 2 aromatic rings. The zero-order chi connectivity index (χ0) is 20.9. The quantitative estimate of drug-likeness (QED) is 0.475. The second kappa shape index (κ2) is 8.97. The Morgan fingerprint density at radius 2 is 1.00 bits per heavy atom. The van der Waals surface area contributed by atoms with Crippen molar-refractivity contribution in [1.82, 2.24) is 0 Å². The second-order valence-electron chi connectivity index (χ2n) is 7.13. The number of benzene rings is 2. The van der Waals surface area contributed by atoms with Crippen LogP contribution < -0.4 is 0 Å². The van der Waals surface area contributed by atoms with Crippen LogP contribution in [0.4, 0.5) is 0 Å². The third-order valence-corrected chi connectivity index (χ3v) is 5.11. The van der Waals surface area contributed by atoms with Gasteiger partial charge in [0.1, 0.15) is 9.75 Å². The van der Waals surface area contributed by atoms with Crippen molar-refractivity contribution in [3.8, 4) is 11.1 Å². The summed E-state index contributed by atoms with van der Waals surface area (Å²) in [6.45, 7) is 3.29. The number of carbonyl (C=O) groups is 2. The van der Waals surface area contributed by atoms with Gasteiger partial charge in [0, 0.05) is 12.8 Å². The van der Waals surface area contributed by atoms with Gasteiger partial charge in [-0.2, -0.15) is 0 Å². The summed E-state index contributed by atoms with van der Waals surface area (Å²) >= 11 is 12.5. The molecule has 0 spiro atoms. The first kappa shape index (κ1) is 22.3. The average molecular weight is 423 g/mol. The molecule has 150 valence electrons. The average Bonchev–Trinajstić information content (AvgIpc) is 2.67. The minimum absolute atomic E-state index is 0.377. The van der Waals surface area contributed by atoms with E-state index in [2.05, 4.69) is 0 Å². The number of alkyl halides is 2. The van der Waals surface area contributed by atoms with E-state index in [1.807, 2.05) is 48.5 Å². The van der Waals surface area contributed by atoms with Gasteiger partial charge in [-0.25, -0.2) is 0 Å². The third-order valence-electron chi connectivity index (χ3n) is 4.54. The maximum absolute atomic E-state index is 11.7. The lowest BCUT2D eigenvalue weighted by Crippen LogP contribution is -2.32. The van der Waals surface area contributed by atoms with Gasteiger partial charge >= 0.3 is 11.9 Å². The zero-order valence-corrected chi connectivity index (χ0v) is 17.9. The van der Waals surface area contributed by atoms with Crippen LogP contribution in [0.3, 0.4) is 0 Å². The van der Waals surface area contributed by atoms with Gasteiger partial charge in [0.2, 0.25) is 0 Å². The van der Waals surface area contributed by atoms with Gasteiger partial charge in [-0.05, 0) is 36.1 Å². The van der Waals surface area contributed by atoms with Crippen LogP contribution in [0, 0.1) is 0 Å². The first-order valence-corrected chi connectivity index (χ1v) is 9.57. The summed E-state index contributed by atoms with van der Waals surface area (Å²) in [5, 5.41) is 0. The fourth-order valence-corrected chi connectivity index (χ4v) is 3.43. The Labute approximate surface area is 175 Å². The fourth-order valence-electron chi connectivity index (χ4n) is 2.97. The van der Waals surface area contributed by atoms with Crippen LogP contribution in [0.25, 0.3) is 11.1 Å². The van der Waals surface area contributed by atoms with Crippen molar-refractivity contribution in [2.45, 2.75) is 36.4 Å². The highest BCUT2D eigenvalue weighted by molar-refractivity contribution is 6.34. The lowest BCUT2D eigenvalue weighted by Gasteiger charge is -2.19. The molecule has 0 radical (unpaired) electrons. The molecule has 0 aliphatic carbocycles. The highest BCUT2D eigenvalue weighted by atomic mass is 35.5. The highest BCUT2D eigenvalue weighted by Crippen LogP contribution is 2.27. The molecule has 0 bridgehead atoms. The Balaban J connectivity index is 2.10. The Bertz CT molecular complexity index is 753. The maximum atomic E-state index is 11.7. The van der Waals surface area contributed by atoms with Gasteiger partial charge in [0.15, 0.2) is 0 Å². The molecule has 0 unspecified atom stereocenters. The van der Waals surface area contributed by atoms with E-state index in [-0.39, 0.29) is 0 Å². The summed E-state index contributed by atoms with van der Waals surface area (Å²) in [6, 6.07) is 15.7. The van der Waals surface area contributed by atoms with Crippen LogP contribution in [0.2, 0.25) is 0 Å². The highest BCUT2D eigenvalue weighted by Gasteiger charge is 2.32. The van der Waals surface area contributed by atoms with Gasteiger partial charge in [0.25, 0.3) is 0 Å². The smallest absolute Gasteiger partial charge is 0.326 e. The van der Waals surface area contributed by atoms with E-state index in [1.165, 1.54) is 14.2 Å². The van der Waals surface area contributed by atoms with Crippen LogP contribution in [-0.2, 0) is 31.9 Å². The van der Waals surface area contributed by atoms with E-state index in [0.29, 0.717) is 12.8 Å². The van der Waals surface area contributed by atoms with Gasteiger partial charge in [-0.15, -0.1) is 23.2 Å². The van der Waals surface area contributed by atoms with E-state index >= 15 is 0 Å². The van der Waals surface area contributed by atoms with Crippen molar-refractivity contribution in [2.75, 3.05) is 14.2 Å². The Hall–Kier alpha value is -2.04. The minimum Gasteiger partial charge on any atom is -0.468 e. The number of ether oxygens (including phenoxy) is 2. The number of esters is 2. The van der Waals surface area contributed by atoms with Crippen LogP contribution >= 0.6 is 23.2 Å². The van der Waals surface area contributed by atoms with Crippen molar-refractivity contribution in [3.05, 3.63) is 59.7 Å². The zero-order valence-electron chi connectivity index (χ0n) is 16.4. The van der Waals surface area contributed by atoms with Crippen LogP contribution in [-0.4, -0.2) is 35.9 Å². The molecule has 6 heteroatoms. The lowest BCUT2D eigenvalue weighted by atomic mass is 9.95. The lowest BCUT2D eigenvalue weighted by molar-refractivity contribution is -0.144. The summed E-state index contributed by atoms with van der Waals surface area (Å²) in [7, 11) is 2.65.